The Labute approximate surface area is 141 Å². The van der Waals surface area contributed by atoms with Gasteiger partial charge in [0.1, 0.15) is 0 Å². The summed E-state index contributed by atoms with van der Waals surface area (Å²) in [5.74, 6) is 0.0451. The average Bonchev–Trinajstić information content (AvgIpc) is 2.86. The predicted octanol–water partition coefficient (Wildman–Crippen LogP) is 1.31. The molecule has 0 radical (unpaired) electrons. The lowest BCUT2D eigenvalue weighted by atomic mass is 10.1. The van der Waals surface area contributed by atoms with E-state index in [4.69, 9.17) is 11.6 Å². The topological polar surface area (TPSA) is 69.7 Å². The van der Waals surface area contributed by atoms with E-state index in [9.17, 15) is 13.2 Å². The molecule has 1 N–H and O–H groups in total. The fourth-order valence-corrected chi connectivity index (χ4v) is 4.87. The van der Waals surface area contributed by atoms with E-state index >= 15 is 0 Å². The number of hydrogen-bond acceptors (Lipinski definition) is 4. The van der Waals surface area contributed by atoms with Crippen molar-refractivity contribution in [1.82, 2.24) is 10.2 Å². The van der Waals surface area contributed by atoms with Gasteiger partial charge < -0.3 is 10.2 Å². The van der Waals surface area contributed by atoms with Gasteiger partial charge >= 0.3 is 0 Å². The van der Waals surface area contributed by atoms with Crippen LogP contribution in [0.15, 0.2) is 18.2 Å². The first-order valence-electron chi connectivity index (χ1n) is 7.72. The Balaban J connectivity index is 1.86. The van der Waals surface area contributed by atoms with Crippen molar-refractivity contribution in [2.45, 2.75) is 19.4 Å². The largest absolute Gasteiger partial charge is 0.333 e. The van der Waals surface area contributed by atoms with Crippen molar-refractivity contribution in [3.8, 4) is 0 Å². The Bertz CT molecular complexity index is 723. The van der Waals surface area contributed by atoms with E-state index < -0.39 is 10.0 Å². The molecule has 6 nitrogen and oxygen atoms in total. The summed E-state index contributed by atoms with van der Waals surface area (Å²) in [4.78, 5) is 14.5. The summed E-state index contributed by atoms with van der Waals surface area (Å²) in [6.45, 7) is 4.60. The zero-order valence-electron chi connectivity index (χ0n) is 13.0. The van der Waals surface area contributed by atoms with Gasteiger partial charge in [-0.15, -0.1) is 0 Å². The molecule has 0 aliphatic carbocycles. The third-order valence-electron chi connectivity index (χ3n) is 4.33. The van der Waals surface area contributed by atoms with Gasteiger partial charge in [0, 0.05) is 32.2 Å². The molecule has 3 rings (SSSR count). The lowest BCUT2D eigenvalue weighted by Crippen LogP contribution is -2.52. The molecule has 0 bridgehead atoms. The van der Waals surface area contributed by atoms with Gasteiger partial charge in [-0.1, -0.05) is 11.6 Å². The first-order valence-corrected chi connectivity index (χ1v) is 9.70. The standard InChI is InChI=1S/C15H20ClN3O3S/c1-11-10-17-5-7-18(11)15(20)13-4-3-12(9-14(13)16)19-6-2-8-23(19,21)22/h3-4,9,11,17H,2,5-8,10H2,1H3/t11-/m0/s1. The maximum atomic E-state index is 12.7. The number of halogens is 1. The Kier molecular flexibility index (Phi) is 4.53. The quantitative estimate of drug-likeness (QED) is 0.866. The fourth-order valence-electron chi connectivity index (χ4n) is 3.06. The summed E-state index contributed by atoms with van der Waals surface area (Å²) < 4.78 is 25.3. The molecule has 2 aliphatic heterocycles. The van der Waals surface area contributed by atoms with Crippen molar-refractivity contribution < 1.29 is 13.2 Å². The molecule has 126 valence electrons. The van der Waals surface area contributed by atoms with Crippen LogP contribution in [0.4, 0.5) is 5.69 Å². The molecule has 0 spiro atoms. The highest BCUT2D eigenvalue weighted by Gasteiger charge is 2.30. The first kappa shape index (κ1) is 16.5. The van der Waals surface area contributed by atoms with Crippen LogP contribution in [0.5, 0.6) is 0 Å². The predicted molar refractivity (Wildman–Crippen MR) is 90.6 cm³/mol. The van der Waals surface area contributed by atoms with Crippen LogP contribution in [-0.4, -0.2) is 57.2 Å². The number of sulfonamides is 1. The number of carbonyl (C=O) groups excluding carboxylic acids is 1. The maximum Gasteiger partial charge on any atom is 0.255 e. The van der Waals surface area contributed by atoms with Gasteiger partial charge in [0.05, 0.1) is 22.0 Å². The number of carbonyl (C=O) groups is 1. The summed E-state index contributed by atoms with van der Waals surface area (Å²) in [6, 6.07) is 4.97. The SMILES string of the molecule is C[C@H]1CNCCN1C(=O)c1ccc(N2CCCS2(=O)=O)cc1Cl. The van der Waals surface area contributed by atoms with Crippen LogP contribution in [0.3, 0.4) is 0 Å². The molecule has 2 saturated heterocycles. The van der Waals surface area contributed by atoms with Gasteiger partial charge in [-0.3, -0.25) is 9.10 Å². The molecule has 0 aromatic heterocycles. The van der Waals surface area contributed by atoms with Gasteiger partial charge in [0.15, 0.2) is 0 Å². The third-order valence-corrected chi connectivity index (χ3v) is 6.51. The molecular formula is C15H20ClN3O3S. The van der Waals surface area contributed by atoms with Crippen molar-refractivity contribution in [2.24, 2.45) is 0 Å². The number of amides is 1. The molecule has 23 heavy (non-hydrogen) atoms. The highest BCUT2D eigenvalue weighted by atomic mass is 35.5. The monoisotopic (exact) mass is 357 g/mol. The number of nitrogens with one attached hydrogen (secondary N) is 1. The molecule has 2 fully saturated rings. The molecule has 1 atom stereocenters. The molecule has 0 unspecified atom stereocenters. The lowest BCUT2D eigenvalue weighted by molar-refractivity contribution is 0.0656. The van der Waals surface area contributed by atoms with E-state index in [1.807, 2.05) is 6.92 Å². The number of rotatable bonds is 2. The van der Waals surface area contributed by atoms with E-state index in [2.05, 4.69) is 5.32 Å². The maximum absolute atomic E-state index is 12.7. The van der Waals surface area contributed by atoms with Gasteiger partial charge in [-0.2, -0.15) is 0 Å². The number of piperazine rings is 1. The van der Waals surface area contributed by atoms with Crippen molar-refractivity contribution in [3.05, 3.63) is 28.8 Å². The molecule has 1 aromatic carbocycles. The van der Waals surface area contributed by atoms with Crippen molar-refractivity contribution in [2.75, 3.05) is 36.2 Å². The summed E-state index contributed by atoms with van der Waals surface area (Å²) in [5, 5.41) is 3.53. The molecular weight excluding hydrogens is 338 g/mol. The summed E-state index contributed by atoms with van der Waals surface area (Å²) in [7, 11) is -3.25. The minimum atomic E-state index is -3.25. The lowest BCUT2D eigenvalue weighted by Gasteiger charge is -2.34. The smallest absolute Gasteiger partial charge is 0.255 e. The molecule has 2 heterocycles. The fraction of sp³-hybridized carbons (Fsp3) is 0.533. The van der Waals surface area contributed by atoms with E-state index in [1.165, 1.54) is 4.31 Å². The molecule has 1 aromatic rings. The van der Waals surface area contributed by atoms with Crippen LogP contribution < -0.4 is 9.62 Å². The third kappa shape index (κ3) is 3.18. The van der Waals surface area contributed by atoms with Crippen molar-refractivity contribution >= 4 is 33.2 Å². The molecule has 2 aliphatic rings. The Morgan fingerprint density at radius 2 is 2.13 bits per heavy atom. The second kappa shape index (κ2) is 6.30. The first-order chi connectivity index (χ1) is 10.9. The highest BCUT2D eigenvalue weighted by Crippen LogP contribution is 2.29. The van der Waals surface area contributed by atoms with Crippen LogP contribution in [0.1, 0.15) is 23.7 Å². The Morgan fingerprint density at radius 3 is 2.74 bits per heavy atom. The zero-order chi connectivity index (χ0) is 16.6. The minimum absolute atomic E-state index is 0.103. The van der Waals surface area contributed by atoms with E-state index in [-0.39, 0.29) is 17.7 Å². The van der Waals surface area contributed by atoms with Crippen LogP contribution in [0.2, 0.25) is 5.02 Å². The van der Waals surface area contributed by atoms with Gasteiger partial charge in [-0.05, 0) is 31.5 Å². The van der Waals surface area contributed by atoms with E-state index in [0.717, 1.165) is 13.1 Å². The highest BCUT2D eigenvalue weighted by molar-refractivity contribution is 7.93. The van der Waals surface area contributed by atoms with Gasteiger partial charge in [0.2, 0.25) is 10.0 Å². The molecule has 8 heteroatoms. The Morgan fingerprint density at radius 1 is 1.35 bits per heavy atom. The number of benzene rings is 1. The summed E-state index contributed by atoms with van der Waals surface area (Å²) in [6.07, 6.45) is 0.610. The second-order valence-corrected chi connectivity index (χ2v) is 8.38. The van der Waals surface area contributed by atoms with Gasteiger partial charge in [-0.25, -0.2) is 8.42 Å². The minimum Gasteiger partial charge on any atom is -0.333 e. The summed E-state index contributed by atoms with van der Waals surface area (Å²) in [5.41, 5.74) is 0.943. The normalized spacial score (nSPS) is 24.0. The average molecular weight is 358 g/mol. The number of anilines is 1. The van der Waals surface area contributed by atoms with E-state index in [1.54, 1.807) is 23.1 Å². The van der Waals surface area contributed by atoms with Crippen molar-refractivity contribution in [3.63, 3.8) is 0 Å². The van der Waals surface area contributed by atoms with Crippen LogP contribution in [0, 0.1) is 0 Å². The van der Waals surface area contributed by atoms with Crippen LogP contribution in [0.25, 0.3) is 0 Å². The van der Waals surface area contributed by atoms with Crippen molar-refractivity contribution in [1.29, 1.82) is 0 Å². The summed E-state index contributed by atoms with van der Waals surface area (Å²) >= 11 is 6.28. The zero-order valence-corrected chi connectivity index (χ0v) is 14.5. The molecule has 0 saturated carbocycles. The Hall–Kier alpha value is -1.31. The number of nitrogens with zero attached hydrogens (tertiary/aromatic N) is 2. The van der Waals surface area contributed by atoms with Gasteiger partial charge in [0.25, 0.3) is 5.91 Å². The number of hydrogen-bond donors (Lipinski definition) is 1. The second-order valence-electron chi connectivity index (χ2n) is 5.96. The van der Waals surface area contributed by atoms with E-state index in [0.29, 0.717) is 35.8 Å². The molecule has 1 amide bonds. The van der Waals surface area contributed by atoms with Crippen LogP contribution >= 0.6 is 11.6 Å². The van der Waals surface area contributed by atoms with Crippen LogP contribution in [-0.2, 0) is 10.0 Å².